The number of hydrogen-bond acceptors (Lipinski definition) is 11. The molecule has 1 amide bonds. The van der Waals surface area contributed by atoms with Crippen LogP contribution in [-0.2, 0) is 25.7 Å². The number of ether oxygens (including phenoxy) is 3. The Morgan fingerprint density at radius 1 is 0.942 bits per heavy atom. The third kappa shape index (κ3) is 9.66. The van der Waals surface area contributed by atoms with E-state index in [1.165, 1.54) is 17.8 Å². The maximum atomic E-state index is 13.7. The number of nitrogens with one attached hydrogen (secondary N) is 1. The fraction of sp³-hybridized carbons (Fsp3) is 0.194. The summed E-state index contributed by atoms with van der Waals surface area (Å²) in [5.41, 5.74) is 6.69. The Balaban J connectivity index is 0.000000677. The minimum absolute atomic E-state index is 0.0691. The van der Waals surface area contributed by atoms with Crippen molar-refractivity contribution in [3.8, 4) is 22.9 Å². The monoisotopic (exact) mass is 712 g/mol. The van der Waals surface area contributed by atoms with Gasteiger partial charge < -0.3 is 35.5 Å². The molecule has 2 aromatic carbocycles. The predicted octanol–water partition coefficient (Wildman–Crippen LogP) is 3.93. The molecule has 52 heavy (non-hydrogen) atoms. The van der Waals surface area contributed by atoms with Crippen LogP contribution in [0.4, 0.5) is 5.82 Å². The molecule has 0 radical (unpaired) electrons. The fourth-order valence-electron chi connectivity index (χ4n) is 4.82. The quantitative estimate of drug-likeness (QED) is 0.106. The summed E-state index contributed by atoms with van der Waals surface area (Å²) in [5.74, 6) is -1.78. The lowest BCUT2D eigenvalue weighted by Gasteiger charge is -2.19. The number of carboxylic acids is 2. The zero-order valence-corrected chi connectivity index (χ0v) is 28.5. The molecule has 0 fully saturated rings. The second-order valence-electron chi connectivity index (χ2n) is 11.2. The highest BCUT2D eigenvalue weighted by atomic mass is 16.5. The van der Waals surface area contributed by atoms with Gasteiger partial charge >= 0.3 is 17.9 Å². The SMILES string of the molecule is COc1ccc2c(Oc3ccc(NC(=O)c4c(C)n(C[C@@H](C)OC(=O)[C@H](C)N)n(-c5ccccc5)c4=O)nc3)ccnc2c1.O=C(O)/C=C\C(=O)O. The van der Waals surface area contributed by atoms with Gasteiger partial charge in [0.25, 0.3) is 11.5 Å². The molecule has 16 heteroatoms. The summed E-state index contributed by atoms with van der Waals surface area (Å²) >= 11 is 0. The Bertz CT molecular complexity index is 2140. The largest absolute Gasteiger partial charge is 0.497 e. The highest BCUT2D eigenvalue weighted by molar-refractivity contribution is 6.04. The Morgan fingerprint density at radius 2 is 1.62 bits per heavy atom. The average Bonchev–Trinajstić information content (AvgIpc) is 3.36. The van der Waals surface area contributed by atoms with Crippen molar-refractivity contribution in [2.75, 3.05) is 12.4 Å². The summed E-state index contributed by atoms with van der Waals surface area (Å²) in [7, 11) is 1.59. The number of hydrogen-bond donors (Lipinski definition) is 4. The zero-order valence-electron chi connectivity index (χ0n) is 28.5. The number of nitrogens with zero attached hydrogens (tertiary/aromatic N) is 4. The van der Waals surface area contributed by atoms with Crippen molar-refractivity contribution in [2.45, 2.75) is 39.5 Å². The molecule has 0 bridgehead atoms. The molecule has 16 nitrogen and oxygen atoms in total. The third-order valence-electron chi connectivity index (χ3n) is 7.23. The lowest BCUT2D eigenvalue weighted by molar-refractivity contribution is -0.150. The second kappa shape index (κ2) is 17.2. The van der Waals surface area contributed by atoms with Crippen molar-refractivity contribution in [1.82, 2.24) is 19.3 Å². The van der Waals surface area contributed by atoms with Crippen molar-refractivity contribution in [3.63, 3.8) is 0 Å². The fourth-order valence-corrected chi connectivity index (χ4v) is 4.82. The van der Waals surface area contributed by atoms with E-state index in [2.05, 4.69) is 15.3 Å². The molecule has 0 spiro atoms. The number of rotatable bonds is 12. The van der Waals surface area contributed by atoms with E-state index in [1.54, 1.807) is 74.3 Å². The van der Waals surface area contributed by atoms with Gasteiger partial charge in [-0.05, 0) is 63.2 Å². The summed E-state index contributed by atoms with van der Waals surface area (Å²) in [6.45, 7) is 5.00. The van der Waals surface area contributed by atoms with Crippen LogP contribution in [0.5, 0.6) is 17.2 Å². The predicted molar refractivity (Wildman–Crippen MR) is 189 cm³/mol. The van der Waals surface area contributed by atoms with Gasteiger partial charge in [-0.3, -0.25) is 24.0 Å². The first-order valence-corrected chi connectivity index (χ1v) is 15.6. The van der Waals surface area contributed by atoms with E-state index >= 15 is 0 Å². The normalized spacial score (nSPS) is 11.9. The zero-order chi connectivity index (χ0) is 37.9. The average molecular weight is 713 g/mol. The summed E-state index contributed by atoms with van der Waals surface area (Å²) in [6, 6.07) is 18.6. The smallest absolute Gasteiger partial charge is 0.328 e. The number of pyridine rings is 2. The standard InChI is InChI=1S/C32H32N6O6.C4H4O4/c1-19(43-32(41)20(2)33)18-37-21(3)29(31(40)38(37)22-8-6-5-7-9-22)30(39)36-28-13-11-24(17-35-28)44-27-14-15-34-26-16-23(42-4)10-12-25(26)27;5-3(6)1-2-4(7)8/h5-17,19-20H,18,33H2,1-4H3,(H,35,36,39);1-2H,(H,5,6)(H,7,8)/b;2-1-/t19-,20+;/m1./s1. The summed E-state index contributed by atoms with van der Waals surface area (Å²) in [5, 5.41) is 19.1. The Hall–Kier alpha value is -6.81. The number of benzene rings is 2. The second-order valence-corrected chi connectivity index (χ2v) is 11.2. The number of aliphatic carboxylic acids is 2. The highest BCUT2D eigenvalue weighted by Gasteiger charge is 2.26. The Labute approximate surface area is 296 Å². The molecule has 0 aliphatic rings. The van der Waals surface area contributed by atoms with Crippen LogP contribution in [0.1, 0.15) is 29.9 Å². The molecule has 0 saturated heterocycles. The molecular weight excluding hydrogens is 676 g/mol. The maximum Gasteiger partial charge on any atom is 0.328 e. The number of carboxylic acid groups (broad SMARTS) is 2. The lowest BCUT2D eigenvalue weighted by atomic mass is 10.2. The van der Waals surface area contributed by atoms with E-state index < -0.39 is 41.5 Å². The number of fused-ring (bicyclic) bond motifs is 1. The van der Waals surface area contributed by atoms with Crippen molar-refractivity contribution >= 4 is 40.5 Å². The Kier molecular flexibility index (Phi) is 12.6. The lowest BCUT2D eigenvalue weighted by Crippen LogP contribution is -2.34. The van der Waals surface area contributed by atoms with Gasteiger partial charge in [-0.2, -0.15) is 0 Å². The van der Waals surface area contributed by atoms with Crippen LogP contribution in [0.3, 0.4) is 0 Å². The molecule has 0 unspecified atom stereocenters. The van der Waals surface area contributed by atoms with Crippen LogP contribution in [-0.4, -0.2) is 72.6 Å². The number of esters is 1. The minimum Gasteiger partial charge on any atom is -0.497 e. The van der Waals surface area contributed by atoms with Crippen LogP contribution in [0.25, 0.3) is 16.6 Å². The van der Waals surface area contributed by atoms with Gasteiger partial charge in [0.15, 0.2) is 0 Å². The van der Waals surface area contributed by atoms with Gasteiger partial charge in [0.1, 0.15) is 40.8 Å². The number of nitrogens with two attached hydrogens (primary N) is 1. The van der Waals surface area contributed by atoms with Crippen LogP contribution in [0.2, 0.25) is 0 Å². The Morgan fingerprint density at radius 3 is 2.21 bits per heavy atom. The van der Waals surface area contributed by atoms with Gasteiger partial charge in [0.05, 0.1) is 36.7 Å². The van der Waals surface area contributed by atoms with Crippen molar-refractivity contribution in [2.24, 2.45) is 5.73 Å². The summed E-state index contributed by atoms with van der Waals surface area (Å²) < 4.78 is 19.7. The van der Waals surface area contributed by atoms with Crippen molar-refractivity contribution < 1.29 is 43.6 Å². The maximum absolute atomic E-state index is 13.7. The first-order chi connectivity index (χ1) is 24.8. The third-order valence-corrected chi connectivity index (χ3v) is 7.23. The first-order valence-electron chi connectivity index (χ1n) is 15.6. The number of methoxy groups -OCH3 is 1. The van der Waals surface area contributed by atoms with E-state index in [0.717, 1.165) is 5.39 Å². The van der Waals surface area contributed by atoms with E-state index in [1.807, 2.05) is 24.3 Å². The molecule has 0 aliphatic heterocycles. The van der Waals surface area contributed by atoms with E-state index in [4.69, 9.17) is 30.2 Å². The van der Waals surface area contributed by atoms with Crippen molar-refractivity contribution in [3.05, 3.63) is 113 Å². The molecule has 3 heterocycles. The number of carbonyl (C=O) groups excluding carboxylic acids is 2. The first kappa shape index (κ1) is 38.0. The highest BCUT2D eigenvalue weighted by Crippen LogP contribution is 2.31. The number of para-hydroxylation sites is 1. The topological polar surface area (TPSA) is 227 Å². The molecule has 5 N–H and O–H groups in total. The van der Waals surface area contributed by atoms with E-state index in [9.17, 15) is 24.0 Å². The number of amides is 1. The molecule has 5 rings (SSSR count). The molecule has 5 aromatic rings. The van der Waals surface area contributed by atoms with Crippen LogP contribution in [0.15, 0.2) is 96.1 Å². The number of carbonyl (C=O) groups is 4. The minimum atomic E-state index is -1.26. The summed E-state index contributed by atoms with van der Waals surface area (Å²) in [6.07, 6.45) is 3.60. The molecule has 3 aromatic heterocycles. The summed E-state index contributed by atoms with van der Waals surface area (Å²) in [4.78, 5) is 67.0. The van der Waals surface area contributed by atoms with Crippen LogP contribution in [0, 0.1) is 6.92 Å². The molecule has 270 valence electrons. The van der Waals surface area contributed by atoms with Gasteiger partial charge in [0.2, 0.25) is 0 Å². The number of aromatic nitrogens is 4. The van der Waals surface area contributed by atoms with Crippen LogP contribution < -0.4 is 26.1 Å². The van der Waals surface area contributed by atoms with Gasteiger partial charge in [0, 0.05) is 29.8 Å². The van der Waals surface area contributed by atoms with Gasteiger partial charge in [-0.1, -0.05) is 18.2 Å². The number of anilines is 1. The van der Waals surface area contributed by atoms with Gasteiger partial charge in [-0.25, -0.2) is 19.3 Å². The van der Waals surface area contributed by atoms with E-state index in [0.29, 0.717) is 46.3 Å². The van der Waals surface area contributed by atoms with Gasteiger partial charge in [-0.15, -0.1) is 0 Å². The van der Waals surface area contributed by atoms with E-state index in [-0.39, 0.29) is 17.9 Å². The molecule has 0 saturated carbocycles. The van der Waals surface area contributed by atoms with Crippen molar-refractivity contribution in [1.29, 1.82) is 0 Å². The van der Waals surface area contributed by atoms with Crippen LogP contribution >= 0.6 is 0 Å². The molecular formula is C36H36N6O10. The molecule has 2 atom stereocenters. The molecule has 0 aliphatic carbocycles.